The number of hydrogen-bond acceptors (Lipinski definition) is 5. The SMILES string of the molecule is O=C(O)[C@H](Cn1cccn1)NC1OCO1. The summed E-state index contributed by atoms with van der Waals surface area (Å²) in [5.41, 5.74) is 0. The van der Waals surface area contributed by atoms with Crippen LogP contribution in [0.1, 0.15) is 0 Å². The Morgan fingerprint density at radius 3 is 3.00 bits per heavy atom. The van der Waals surface area contributed by atoms with Gasteiger partial charge in [-0.05, 0) is 6.07 Å². The normalized spacial score (nSPS) is 18.4. The maximum atomic E-state index is 10.9. The Hall–Kier alpha value is -1.44. The van der Waals surface area contributed by atoms with Gasteiger partial charge in [0.2, 0.25) is 6.41 Å². The van der Waals surface area contributed by atoms with Gasteiger partial charge in [-0.2, -0.15) is 5.10 Å². The molecule has 0 saturated carbocycles. The highest BCUT2D eigenvalue weighted by atomic mass is 16.9. The summed E-state index contributed by atoms with van der Waals surface area (Å²) in [5.74, 6) is -0.968. The van der Waals surface area contributed by atoms with E-state index in [9.17, 15) is 4.79 Å². The van der Waals surface area contributed by atoms with Crippen molar-refractivity contribution in [3.8, 4) is 0 Å². The Morgan fingerprint density at radius 2 is 2.53 bits per heavy atom. The first-order valence-corrected chi connectivity index (χ1v) is 4.45. The summed E-state index contributed by atoms with van der Waals surface area (Å²) in [4.78, 5) is 10.9. The molecule has 0 spiro atoms. The van der Waals surface area contributed by atoms with E-state index >= 15 is 0 Å². The highest BCUT2D eigenvalue weighted by Gasteiger charge is 2.27. The topological polar surface area (TPSA) is 85.6 Å². The van der Waals surface area contributed by atoms with Gasteiger partial charge in [0.15, 0.2) is 6.79 Å². The van der Waals surface area contributed by atoms with Gasteiger partial charge in [-0.1, -0.05) is 0 Å². The Bertz CT molecular complexity index is 323. The summed E-state index contributed by atoms with van der Waals surface area (Å²) in [6.45, 7) is 0.428. The molecule has 2 rings (SSSR count). The van der Waals surface area contributed by atoms with Crippen LogP contribution in [0.25, 0.3) is 0 Å². The lowest BCUT2D eigenvalue weighted by atomic mass is 10.3. The molecule has 1 atom stereocenters. The maximum Gasteiger partial charge on any atom is 0.322 e. The number of carboxylic acids is 1. The first kappa shape index (κ1) is 10.1. The maximum absolute atomic E-state index is 10.9. The summed E-state index contributed by atoms with van der Waals surface area (Å²) in [5, 5.41) is 15.5. The van der Waals surface area contributed by atoms with E-state index < -0.39 is 18.4 Å². The zero-order chi connectivity index (χ0) is 10.7. The Balaban J connectivity index is 1.90. The molecule has 1 aliphatic rings. The van der Waals surface area contributed by atoms with Crippen LogP contribution in [0, 0.1) is 0 Å². The molecule has 1 aliphatic heterocycles. The molecule has 0 radical (unpaired) electrons. The predicted molar refractivity (Wildman–Crippen MR) is 47.6 cm³/mol. The summed E-state index contributed by atoms with van der Waals surface area (Å²) < 4.78 is 11.3. The average molecular weight is 213 g/mol. The van der Waals surface area contributed by atoms with Crippen molar-refractivity contribution in [3.63, 3.8) is 0 Å². The molecular formula is C8H11N3O4. The fraction of sp³-hybridized carbons (Fsp3) is 0.500. The highest BCUT2D eigenvalue weighted by molar-refractivity contribution is 5.73. The number of rotatable bonds is 5. The van der Waals surface area contributed by atoms with Crippen LogP contribution in [0.5, 0.6) is 0 Å². The number of nitrogens with zero attached hydrogens (tertiary/aromatic N) is 2. The lowest BCUT2D eigenvalue weighted by Crippen LogP contribution is -2.52. The summed E-state index contributed by atoms with van der Waals surface area (Å²) in [6.07, 6.45) is 2.66. The van der Waals surface area contributed by atoms with Crippen LogP contribution in [0.4, 0.5) is 0 Å². The molecule has 2 N–H and O–H groups in total. The van der Waals surface area contributed by atoms with Crippen molar-refractivity contribution in [1.29, 1.82) is 0 Å². The summed E-state index contributed by atoms with van der Waals surface area (Å²) in [7, 11) is 0. The van der Waals surface area contributed by atoms with E-state index in [4.69, 9.17) is 14.6 Å². The van der Waals surface area contributed by atoms with Crippen LogP contribution < -0.4 is 5.32 Å². The van der Waals surface area contributed by atoms with Gasteiger partial charge in [0.1, 0.15) is 6.04 Å². The van der Waals surface area contributed by atoms with Crippen LogP contribution in [-0.2, 0) is 20.8 Å². The second-order valence-corrected chi connectivity index (χ2v) is 3.07. The van der Waals surface area contributed by atoms with Gasteiger partial charge >= 0.3 is 5.97 Å². The van der Waals surface area contributed by atoms with Crippen molar-refractivity contribution in [3.05, 3.63) is 18.5 Å². The van der Waals surface area contributed by atoms with Gasteiger partial charge < -0.3 is 14.6 Å². The average Bonchev–Trinajstić information content (AvgIpc) is 2.60. The first-order chi connectivity index (χ1) is 7.25. The monoisotopic (exact) mass is 213 g/mol. The second-order valence-electron chi connectivity index (χ2n) is 3.07. The van der Waals surface area contributed by atoms with E-state index in [2.05, 4.69) is 10.4 Å². The molecule has 0 aliphatic carbocycles. The number of aromatic nitrogens is 2. The van der Waals surface area contributed by atoms with E-state index in [0.29, 0.717) is 0 Å². The minimum atomic E-state index is -0.968. The third-order valence-corrected chi connectivity index (χ3v) is 2.00. The van der Waals surface area contributed by atoms with Gasteiger partial charge in [-0.15, -0.1) is 0 Å². The van der Waals surface area contributed by atoms with Crippen LogP contribution in [0.15, 0.2) is 18.5 Å². The lowest BCUT2D eigenvalue weighted by Gasteiger charge is -2.29. The van der Waals surface area contributed by atoms with Crippen LogP contribution in [0.2, 0.25) is 0 Å². The molecule has 15 heavy (non-hydrogen) atoms. The molecule has 7 heteroatoms. The number of nitrogens with one attached hydrogen (secondary N) is 1. The highest BCUT2D eigenvalue weighted by Crippen LogP contribution is 2.05. The van der Waals surface area contributed by atoms with E-state index in [0.717, 1.165) is 0 Å². The van der Waals surface area contributed by atoms with Crippen molar-refractivity contribution in [2.75, 3.05) is 6.79 Å². The number of carbonyl (C=O) groups is 1. The number of aliphatic carboxylic acids is 1. The molecule has 1 aromatic rings. The van der Waals surface area contributed by atoms with Gasteiger partial charge in [-0.3, -0.25) is 14.8 Å². The molecule has 0 unspecified atom stereocenters. The summed E-state index contributed by atoms with van der Waals surface area (Å²) >= 11 is 0. The predicted octanol–water partition coefficient (Wildman–Crippen LogP) is -0.786. The van der Waals surface area contributed by atoms with Crippen LogP contribution >= 0.6 is 0 Å². The lowest BCUT2D eigenvalue weighted by molar-refractivity contribution is -0.335. The fourth-order valence-electron chi connectivity index (χ4n) is 1.19. The molecule has 1 fully saturated rings. The summed E-state index contributed by atoms with van der Waals surface area (Å²) in [6, 6.07) is 0.949. The third kappa shape index (κ3) is 2.52. The largest absolute Gasteiger partial charge is 0.480 e. The van der Waals surface area contributed by atoms with Crippen molar-refractivity contribution in [1.82, 2.24) is 15.1 Å². The minimum absolute atomic E-state index is 0.200. The van der Waals surface area contributed by atoms with Crippen LogP contribution in [-0.4, -0.2) is 40.1 Å². The van der Waals surface area contributed by atoms with Gasteiger partial charge in [0.05, 0.1) is 6.54 Å². The molecule has 7 nitrogen and oxygen atoms in total. The van der Waals surface area contributed by atoms with Crippen LogP contribution in [0.3, 0.4) is 0 Å². The molecular weight excluding hydrogens is 202 g/mol. The third-order valence-electron chi connectivity index (χ3n) is 2.00. The Kier molecular flexibility index (Phi) is 2.95. The van der Waals surface area contributed by atoms with E-state index in [-0.39, 0.29) is 13.3 Å². The molecule has 0 amide bonds. The van der Waals surface area contributed by atoms with Crippen molar-refractivity contribution < 1.29 is 19.4 Å². The van der Waals surface area contributed by atoms with Gasteiger partial charge in [0, 0.05) is 12.4 Å². The molecule has 2 heterocycles. The molecule has 0 bridgehead atoms. The quantitative estimate of drug-likeness (QED) is 0.667. The Morgan fingerprint density at radius 1 is 1.73 bits per heavy atom. The minimum Gasteiger partial charge on any atom is -0.480 e. The van der Waals surface area contributed by atoms with E-state index in [1.54, 1.807) is 18.5 Å². The number of ether oxygens (including phenoxy) is 2. The zero-order valence-electron chi connectivity index (χ0n) is 7.87. The van der Waals surface area contributed by atoms with Gasteiger partial charge in [-0.25, -0.2) is 0 Å². The van der Waals surface area contributed by atoms with Crippen molar-refractivity contribution in [2.45, 2.75) is 19.0 Å². The number of carboxylic acid groups (broad SMARTS) is 1. The van der Waals surface area contributed by atoms with Crippen molar-refractivity contribution >= 4 is 5.97 Å². The van der Waals surface area contributed by atoms with Crippen molar-refractivity contribution in [2.24, 2.45) is 0 Å². The zero-order valence-corrected chi connectivity index (χ0v) is 7.87. The fourth-order valence-corrected chi connectivity index (χ4v) is 1.19. The first-order valence-electron chi connectivity index (χ1n) is 4.45. The number of hydrogen-bond donors (Lipinski definition) is 2. The molecule has 1 aromatic heterocycles. The molecule has 82 valence electrons. The standard InChI is InChI=1S/C8H11N3O4/c12-7(13)6(10-8-14-5-15-8)4-11-3-1-2-9-11/h1-3,6,8,10H,4-5H2,(H,12,13)/t6-/m0/s1. The molecule has 1 saturated heterocycles. The second kappa shape index (κ2) is 4.39. The molecule has 0 aromatic carbocycles. The van der Waals surface area contributed by atoms with Gasteiger partial charge in [0.25, 0.3) is 0 Å². The van der Waals surface area contributed by atoms with E-state index in [1.807, 2.05) is 0 Å². The Labute approximate surface area is 85.6 Å². The van der Waals surface area contributed by atoms with E-state index in [1.165, 1.54) is 4.68 Å². The smallest absolute Gasteiger partial charge is 0.322 e.